The summed E-state index contributed by atoms with van der Waals surface area (Å²) in [4.78, 5) is 17.2. The van der Waals surface area contributed by atoms with E-state index in [1.54, 1.807) is 6.07 Å². The largest absolute Gasteiger partial charge is 0.359 e. The summed E-state index contributed by atoms with van der Waals surface area (Å²) in [5.74, 6) is 0.446. The first-order chi connectivity index (χ1) is 13.1. The van der Waals surface area contributed by atoms with Crippen LogP contribution in [0, 0.1) is 0 Å². The Morgan fingerprint density at radius 3 is 2.67 bits per heavy atom. The van der Waals surface area contributed by atoms with Gasteiger partial charge in [-0.25, -0.2) is 0 Å². The highest BCUT2D eigenvalue weighted by atomic mass is 79.9. The van der Waals surface area contributed by atoms with Crippen molar-refractivity contribution in [3.63, 3.8) is 0 Å². The number of amides is 1. The van der Waals surface area contributed by atoms with Crippen LogP contribution in [0.1, 0.15) is 16.2 Å². The molecule has 27 heavy (non-hydrogen) atoms. The van der Waals surface area contributed by atoms with Gasteiger partial charge in [-0.05, 0) is 24.6 Å². The minimum absolute atomic E-state index is 0.268. The van der Waals surface area contributed by atoms with Crippen molar-refractivity contribution in [3.8, 4) is 0 Å². The second-order valence-corrected chi connectivity index (χ2v) is 7.71. The number of nitrogens with zero attached hydrogens (tertiary/aromatic N) is 3. The third-order valence-corrected chi connectivity index (χ3v) is 5.58. The molecule has 1 aliphatic heterocycles. The molecule has 1 aliphatic rings. The molecule has 1 fully saturated rings. The van der Waals surface area contributed by atoms with Gasteiger partial charge in [0.1, 0.15) is 0 Å². The molecule has 1 aromatic heterocycles. The zero-order valence-corrected chi connectivity index (χ0v) is 16.7. The van der Waals surface area contributed by atoms with Crippen LogP contribution in [0.3, 0.4) is 0 Å². The van der Waals surface area contributed by atoms with Crippen molar-refractivity contribution in [1.29, 1.82) is 0 Å². The normalized spacial score (nSPS) is 15.9. The average Bonchev–Trinajstić information content (AvgIpc) is 3.15. The van der Waals surface area contributed by atoms with E-state index in [9.17, 15) is 4.79 Å². The molecule has 3 aromatic rings. The standard InChI is InChI=1S/C20H21BrN4O2/c1-24-8-10-25(11-9-24)13-14-12-19(23-27-14)20(26)22-18-7-6-17(21)15-4-2-3-5-16(15)18/h2-7,12H,8-11,13H2,1H3,(H,22,26). The highest BCUT2D eigenvalue weighted by Gasteiger charge is 2.18. The number of nitrogens with one attached hydrogen (secondary N) is 1. The van der Waals surface area contributed by atoms with Gasteiger partial charge in [0.05, 0.1) is 6.54 Å². The molecular formula is C20H21BrN4O2. The summed E-state index contributed by atoms with van der Waals surface area (Å²) in [5.41, 5.74) is 1.05. The summed E-state index contributed by atoms with van der Waals surface area (Å²) in [6.07, 6.45) is 0. The highest BCUT2D eigenvalue weighted by Crippen LogP contribution is 2.30. The Hall–Kier alpha value is -2.22. The number of halogens is 1. The fraction of sp³-hybridized carbons (Fsp3) is 0.300. The molecule has 140 valence electrons. The van der Waals surface area contributed by atoms with E-state index in [0.29, 0.717) is 18.0 Å². The van der Waals surface area contributed by atoms with Crippen molar-refractivity contribution in [2.45, 2.75) is 6.54 Å². The summed E-state index contributed by atoms with van der Waals surface area (Å²) in [5, 5.41) is 8.93. The number of hydrogen-bond donors (Lipinski definition) is 1. The van der Waals surface area contributed by atoms with E-state index < -0.39 is 0 Å². The molecule has 0 bridgehead atoms. The summed E-state index contributed by atoms with van der Waals surface area (Å²) in [7, 11) is 2.13. The molecule has 7 heteroatoms. The van der Waals surface area contributed by atoms with E-state index in [1.165, 1.54) is 0 Å². The van der Waals surface area contributed by atoms with Gasteiger partial charge >= 0.3 is 0 Å². The smallest absolute Gasteiger partial charge is 0.277 e. The third-order valence-electron chi connectivity index (χ3n) is 4.89. The van der Waals surface area contributed by atoms with E-state index in [2.05, 4.69) is 43.3 Å². The van der Waals surface area contributed by atoms with E-state index in [1.807, 2.05) is 36.4 Å². The number of fused-ring (bicyclic) bond motifs is 1. The third kappa shape index (κ3) is 4.05. The Kier molecular flexibility index (Phi) is 5.24. The number of anilines is 1. The first-order valence-corrected chi connectivity index (χ1v) is 9.74. The maximum atomic E-state index is 12.6. The average molecular weight is 429 g/mol. The minimum Gasteiger partial charge on any atom is -0.359 e. The van der Waals surface area contributed by atoms with Crippen molar-refractivity contribution in [2.24, 2.45) is 0 Å². The summed E-state index contributed by atoms with van der Waals surface area (Å²) >= 11 is 3.55. The Labute approximate surface area is 166 Å². The Morgan fingerprint density at radius 2 is 1.89 bits per heavy atom. The second-order valence-electron chi connectivity index (χ2n) is 6.85. The fourth-order valence-electron chi connectivity index (χ4n) is 3.28. The monoisotopic (exact) mass is 428 g/mol. The van der Waals surface area contributed by atoms with E-state index in [-0.39, 0.29) is 5.91 Å². The van der Waals surface area contributed by atoms with Gasteiger partial charge in [-0.1, -0.05) is 45.4 Å². The minimum atomic E-state index is -0.268. The first kappa shape index (κ1) is 18.2. The van der Waals surface area contributed by atoms with E-state index in [0.717, 1.165) is 47.1 Å². The molecule has 1 N–H and O–H groups in total. The summed E-state index contributed by atoms with van der Waals surface area (Å²) < 4.78 is 6.38. The second kappa shape index (κ2) is 7.80. The van der Waals surface area contributed by atoms with Crippen LogP contribution < -0.4 is 5.32 Å². The van der Waals surface area contributed by atoms with Crippen LogP contribution in [0.15, 0.2) is 51.5 Å². The van der Waals surface area contributed by atoms with Gasteiger partial charge in [0.2, 0.25) is 0 Å². The fourth-order valence-corrected chi connectivity index (χ4v) is 3.76. The molecule has 0 radical (unpaired) electrons. The van der Waals surface area contributed by atoms with Crippen LogP contribution in [0.4, 0.5) is 5.69 Å². The number of carbonyl (C=O) groups is 1. The number of carbonyl (C=O) groups excluding carboxylic acids is 1. The van der Waals surface area contributed by atoms with Gasteiger partial charge in [-0.15, -0.1) is 0 Å². The van der Waals surface area contributed by atoms with Gasteiger partial charge in [-0.2, -0.15) is 0 Å². The molecule has 2 heterocycles. The topological polar surface area (TPSA) is 61.6 Å². The van der Waals surface area contributed by atoms with Crippen LogP contribution in [0.5, 0.6) is 0 Å². The number of aromatic nitrogens is 1. The predicted molar refractivity (Wildman–Crippen MR) is 109 cm³/mol. The maximum Gasteiger partial charge on any atom is 0.277 e. The van der Waals surface area contributed by atoms with Gasteiger partial charge < -0.3 is 14.7 Å². The van der Waals surface area contributed by atoms with Gasteiger partial charge in [0, 0.05) is 47.8 Å². The highest BCUT2D eigenvalue weighted by molar-refractivity contribution is 9.10. The van der Waals surface area contributed by atoms with Crippen molar-refractivity contribution in [2.75, 3.05) is 38.5 Å². The van der Waals surface area contributed by atoms with Crippen LogP contribution in [0.2, 0.25) is 0 Å². The Morgan fingerprint density at radius 1 is 1.15 bits per heavy atom. The lowest BCUT2D eigenvalue weighted by atomic mass is 10.1. The molecule has 0 atom stereocenters. The molecule has 0 unspecified atom stereocenters. The molecule has 0 saturated carbocycles. The van der Waals surface area contributed by atoms with Crippen molar-refractivity contribution in [3.05, 3.63) is 58.4 Å². The summed E-state index contributed by atoms with van der Waals surface area (Å²) in [6.45, 7) is 4.73. The number of benzene rings is 2. The van der Waals surface area contributed by atoms with Crippen LogP contribution in [-0.4, -0.2) is 54.1 Å². The maximum absolute atomic E-state index is 12.6. The van der Waals surface area contributed by atoms with Crippen molar-refractivity contribution >= 4 is 38.3 Å². The van der Waals surface area contributed by atoms with Crippen LogP contribution in [0.25, 0.3) is 10.8 Å². The number of piperazine rings is 1. The number of rotatable bonds is 4. The van der Waals surface area contributed by atoms with Crippen LogP contribution >= 0.6 is 15.9 Å². The van der Waals surface area contributed by atoms with E-state index >= 15 is 0 Å². The molecule has 1 saturated heterocycles. The molecular weight excluding hydrogens is 408 g/mol. The van der Waals surface area contributed by atoms with Gasteiger partial charge in [-0.3, -0.25) is 9.69 Å². The SMILES string of the molecule is CN1CCN(Cc2cc(C(=O)Nc3ccc(Br)c4ccccc34)no2)CC1. The lowest BCUT2D eigenvalue weighted by Gasteiger charge is -2.31. The number of hydrogen-bond acceptors (Lipinski definition) is 5. The lowest BCUT2D eigenvalue weighted by Crippen LogP contribution is -2.43. The summed E-state index contributed by atoms with van der Waals surface area (Å²) in [6, 6.07) is 13.5. The quantitative estimate of drug-likeness (QED) is 0.687. The molecule has 0 aliphatic carbocycles. The zero-order valence-electron chi connectivity index (χ0n) is 15.1. The first-order valence-electron chi connectivity index (χ1n) is 8.95. The zero-order chi connectivity index (χ0) is 18.8. The Bertz CT molecular complexity index is 964. The molecule has 6 nitrogen and oxygen atoms in total. The van der Waals surface area contributed by atoms with Gasteiger partial charge in [0.25, 0.3) is 5.91 Å². The van der Waals surface area contributed by atoms with Crippen LogP contribution in [-0.2, 0) is 6.54 Å². The molecule has 4 rings (SSSR count). The van der Waals surface area contributed by atoms with Crippen molar-refractivity contribution < 1.29 is 9.32 Å². The number of likely N-dealkylation sites (N-methyl/N-ethyl adjacent to an activating group) is 1. The van der Waals surface area contributed by atoms with Gasteiger partial charge in [0.15, 0.2) is 11.5 Å². The molecule has 2 aromatic carbocycles. The molecule has 1 amide bonds. The molecule has 0 spiro atoms. The lowest BCUT2D eigenvalue weighted by molar-refractivity contribution is 0.101. The Balaban J connectivity index is 1.47. The van der Waals surface area contributed by atoms with Crippen molar-refractivity contribution in [1.82, 2.24) is 15.0 Å². The van der Waals surface area contributed by atoms with E-state index in [4.69, 9.17) is 4.52 Å². The predicted octanol–water partition coefficient (Wildman–Crippen LogP) is 3.59.